The lowest BCUT2D eigenvalue weighted by Gasteiger charge is -2.20. The highest BCUT2D eigenvalue weighted by Gasteiger charge is 2.24. The van der Waals surface area contributed by atoms with Gasteiger partial charge in [-0.25, -0.2) is 43.5 Å². The summed E-state index contributed by atoms with van der Waals surface area (Å²) in [6.45, 7) is 12.5. The number of aromatic amines is 1. The lowest BCUT2D eigenvalue weighted by molar-refractivity contribution is -0.139. The Kier molecular flexibility index (Phi) is 34.6. The van der Waals surface area contributed by atoms with E-state index in [9.17, 15) is 33.9 Å². The van der Waals surface area contributed by atoms with Crippen molar-refractivity contribution >= 4 is 68.9 Å². The summed E-state index contributed by atoms with van der Waals surface area (Å²) in [5.41, 5.74) is 9.27. The Morgan fingerprint density at radius 2 is 1.31 bits per heavy atom. The van der Waals surface area contributed by atoms with E-state index in [-0.39, 0.29) is 88.5 Å². The quantitative estimate of drug-likeness (QED) is 0.0219. The fourth-order valence-corrected chi connectivity index (χ4v) is 10.0. The number of carbonyl (C=O) groups excluding carboxylic acids is 2. The largest absolute Gasteiger partial charge is 0.480 e. The predicted octanol–water partition coefficient (Wildman–Crippen LogP) is 5.88. The van der Waals surface area contributed by atoms with E-state index in [1.165, 1.54) is 55.0 Å². The second-order valence-corrected chi connectivity index (χ2v) is 23.5. The van der Waals surface area contributed by atoms with Crippen LogP contribution >= 0.6 is 11.6 Å². The number of rotatable bonds is 52. The van der Waals surface area contributed by atoms with Gasteiger partial charge in [-0.1, -0.05) is 16.8 Å². The third kappa shape index (κ3) is 28.0. The van der Waals surface area contributed by atoms with E-state index >= 15 is 4.39 Å². The van der Waals surface area contributed by atoms with Crippen molar-refractivity contribution in [1.82, 2.24) is 65.5 Å². The van der Waals surface area contributed by atoms with Gasteiger partial charge in [-0.15, -0.1) is 5.10 Å². The molecule has 0 saturated heterocycles. The van der Waals surface area contributed by atoms with Gasteiger partial charge in [0.25, 0.3) is 11.5 Å². The summed E-state index contributed by atoms with van der Waals surface area (Å²) in [6.07, 6.45) is 8.30. The molecule has 6 aromatic heterocycles. The van der Waals surface area contributed by atoms with Gasteiger partial charge in [-0.2, -0.15) is 10.2 Å². The normalized spacial score (nSPS) is 12.0. The van der Waals surface area contributed by atoms with Gasteiger partial charge in [-0.05, 0) is 82.0 Å². The minimum Gasteiger partial charge on any atom is -0.480 e. The molecule has 0 radical (unpaired) electrons. The number of pyridine rings is 2. The second kappa shape index (κ2) is 44.8. The number of aliphatic carboxylic acids is 1. The van der Waals surface area contributed by atoms with Crippen molar-refractivity contribution in [2.24, 2.45) is 0 Å². The number of ether oxygens (including phenoxy) is 11. The first-order chi connectivity index (χ1) is 51.1. The zero-order valence-corrected chi connectivity index (χ0v) is 59.0. The average molecular weight is 1480 g/mol. The number of hydrogen-bond acceptors (Lipinski definition) is 28. The molecule has 8 N–H and O–H groups in total. The lowest BCUT2D eigenvalue weighted by Crippen LogP contribution is -2.41. The number of benzene rings is 2. The molecule has 36 heteroatoms. The number of nitrogens with one attached hydrogen (secondary N) is 5. The molecule has 2 aromatic carbocycles. The monoisotopic (exact) mass is 1480 g/mol. The topological polar surface area (TPSA) is 425 Å². The Bertz CT molecular complexity index is 4130. The summed E-state index contributed by atoms with van der Waals surface area (Å²) in [6, 6.07) is 11.8. The Balaban J connectivity index is 0.521. The molecule has 2 amide bonds. The molecule has 6 heterocycles. The highest BCUT2D eigenvalue weighted by atomic mass is 35.5. The Morgan fingerprint density at radius 1 is 0.705 bits per heavy atom. The molecule has 0 spiro atoms. The van der Waals surface area contributed by atoms with Gasteiger partial charge in [0.15, 0.2) is 17.0 Å². The third-order valence-electron chi connectivity index (χ3n) is 15.3. The van der Waals surface area contributed by atoms with Crippen LogP contribution in [-0.2, 0) is 76.7 Å². The molecule has 564 valence electrons. The smallest absolute Gasteiger partial charge is 0.326 e. The first-order valence-corrected chi connectivity index (χ1v) is 34.4. The molecular weight excluding hydrogens is 1400 g/mol. The minimum absolute atomic E-state index is 0.0360. The standard InChI is InChI=1S/C69H86ClF2N17O16/c1-45(53-36-47(38-73)6-11-54(53)71)81-62-59(70)46(2)80-57-37-55(72)60(84-61(57)62)49-39-78-69(79-40-49)105-16-5-3-4-15-89-43-52(87-88-89)44-104-35-34-103-33-32-102-31-30-101-29-28-100-27-26-99-25-24-98-23-22-97-21-20-96-19-18-95-17-14-75-58(90)13-12-56(67(93)94)83-65(91)48-7-9-50(10-8-48)76-41-51-42-77-64-63(82-51)66(92)86-68(74)85-64/h6-11,36-37,39-40,42-43,45,56,76H,3-5,12-35,41,44H2,1-2H3,(H,75,90)(H,80,81)(H,83,91)(H,93,94)(H3,74,77,85,86,92)/t45-,56+/m1/s1. The predicted molar refractivity (Wildman–Crippen MR) is 377 cm³/mol. The van der Waals surface area contributed by atoms with Gasteiger partial charge in [-0.3, -0.25) is 24.0 Å². The van der Waals surface area contributed by atoms with Crippen LogP contribution in [0.25, 0.3) is 33.5 Å². The Labute approximate surface area is 607 Å². The van der Waals surface area contributed by atoms with E-state index in [1.807, 2.05) is 12.3 Å². The number of fused-ring (bicyclic) bond motifs is 2. The average Bonchev–Trinajstić information content (AvgIpc) is 0.825. The summed E-state index contributed by atoms with van der Waals surface area (Å²) in [5, 5.41) is 39.1. The lowest BCUT2D eigenvalue weighted by atomic mass is 10.0. The SMILES string of the molecule is Cc1nc2cc(F)c(-c3cnc(OCCCCCn4cc(COCCOCCOCCOCCOCCOCCOCCOCCOCCOCCNC(=O)CC[C@H](NC(=O)c5ccc(NCc6cnc7nc(N)[nH]c(=O)c7n6)cc5)C(=O)O)nn4)nc3)nc2c(N[C@H](C)c2cc(C#N)ccc2F)c1Cl. The van der Waals surface area contributed by atoms with Crippen LogP contribution in [0.2, 0.25) is 5.02 Å². The highest BCUT2D eigenvalue weighted by molar-refractivity contribution is 6.35. The summed E-state index contributed by atoms with van der Waals surface area (Å²) in [5.74, 6) is -3.50. The number of carbonyl (C=O) groups is 3. The number of nitrogens with zero attached hydrogens (tertiary/aromatic N) is 11. The maximum absolute atomic E-state index is 15.5. The molecule has 0 saturated carbocycles. The zero-order chi connectivity index (χ0) is 74.4. The second-order valence-electron chi connectivity index (χ2n) is 23.2. The summed E-state index contributed by atoms with van der Waals surface area (Å²) < 4.78 is 93.3. The number of aromatic nitrogens is 11. The molecule has 0 aliphatic carbocycles. The van der Waals surface area contributed by atoms with Gasteiger partial charge in [0.05, 0.1) is 203 Å². The number of unbranched alkanes of at least 4 members (excludes halogenated alkanes) is 2. The molecule has 2 atom stereocenters. The molecule has 8 rings (SSSR count). The van der Waals surface area contributed by atoms with Gasteiger partial charge in [0, 0.05) is 60.3 Å². The van der Waals surface area contributed by atoms with Crippen molar-refractivity contribution in [1.29, 1.82) is 5.26 Å². The van der Waals surface area contributed by atoms with Gasteiger partial charge in [0.2, 0.25) is 11.9 Å². The molecule has 105 heavy (non-hydrogen) atoms. The number of halogens is 3. The van der Waals surface area contributed by atoms with Crippen LogP contribution in [0.1, 0.15) is 83.6 Å². The van der Waals surface area contributed by atoms with Crippen LogP contribution in [0, 0.1) is 29.9 Å². The molecule has 0 bridgehead atoms. The van der Waals surface area contributed by atoms with Crippen LogP contribution in [0.5, 0.6) is 6.01 Å². The number of carboxylic acid groups (broad SMARTS) is 1. The molecule has 0 fully saturated rings. The first kappa shape index (κ1) is 81.0. The first-order valence-electron chi connectivity index (χ1n) is 34.0. The molecule has 0 unspecified atom stereocenters. The van der Waals surface area contributed by atoms with Crippen LogP contribution in [0.3, 0.4) is 0 Å². The Hall–Kier alpha value is -9.71. The van der Waals surface area contributed by atoms with Crippen LogP contribution in [-0.4, -0.2) is 222 Å². The van der Waals surface area contributed by atoms with Gasteiger partial charge >= 0.3 is 12.0 Å². The summed E-state index contributed by atoms with van der Waals surface area (Å²) in [7, 11) is 0. The van der Waals surface area contributed by atoms with Crippen LogP contribution in [0.4, 0.5) is 26.1 Å². The highest BCUT2D eigenvalue weighted by Crippen LogP contribution is 2.37. The fraction of sp³-hybridized carbons (Fsp3) is 0.478. The van der Waals surface area contributed by atoms with Crippen LogP contribution in [0.15, 0.2) is 78.1 Å². The number of anilines is 3. The van der Waals surface area contributed by atoms with Gasteiger partial charge in [0.1, 0.15) is 28.8 Å². The van der Waals surface area contributed by atoms with Crippen molar-refractivity contribution in [2.45, 2.75) is 77.7 Å². The van der Waals surface area contributed by atoms with Crippen molar-refractivity contribution in [3.05, 3.63) is 134 Å². The zero-order valence-electron chi connectivity index (χ0n) is 58.3. The summed E-state index contributed by atoms with van der Waals surface area (Å²) in [4.78, 5) is 81.5. The number of nitriles is 1. The number of nitrogen functional groups attached to an aromatic ring is 1. The molecule has 33 nitrogen and oxygen atoms in total. The van der Waals surface area contributed by atoms with Gasteiger partial charge < -0.3 is 84.2 Å². The number of carboxylic acids is 1. The molecule has 0 aliphatic heterocycles. The van der Waals surface area contributed by atoms with Crippen molar-refractivity contribution in [3.8, 4) is 23.3 Å². The summed E-state index contributed by atoms with van der Waals surface area (Å²) >= 11 is 6.69. The van der Waals surface area contributed by atoms with E-state index in [2.05, 4.69) is 71.5 Å². The van der Waals surface area contributed by atoms with E-state index < -0.39 is 47.1 Å². The fourth-order valence-electron chi connectivity index (χ4n) is 9.85. The van der Waals surface area contributed by atoms with E-state index in [0.717, 1.165) is 19.3 Å². The van der Waals surface area contributed by atoms with Crippen molar-refractivity contribution < 1.29 is 80.4 Å². The van der Waals surface area contributed by atoms with Crippen molar-refractivity contribution in [3.63, 3.8) is 0 Å². The molecular formula is C69H86ClF2N17O16. The Morgan fingerprint density at radius 3 is 1.92 bits per heavy atom. The minimum atomic E-state index is -1.30. The maximum atomic E-state index is 15.5. The number of aryl methyl sites for hydroxylation is 2. The van der Waals surface area contributed by atoms with E-state index in [1.54, 1.807) is 30.7 Å². The third-order valence-corrected chi connectivity index (χ3v) is 15.7. The number of H-pyrrole nitrogens is 1. The molecule has 0 aliphatic rings. The molecule has 8 aromatic rings. The number of hydrogen-bond donors (Lipinski definition) is 7. The van der Waals surface area contributed by atoms with Crippen molar-refractivity contribution in [2.75, 3.05) is 155 Å². The van der Waals surface area contributed by atoms with Crippen LogP contribution < -0.4 is 37.3 Å². The van der Waals surface area contributed by atoms with E-state index in [0.29, 0.717) is 178 Å². The maximum Gasteiger partial charge on any atom is 0.326 e. The number of nitrogens with two attached hydrogens (primary N) is 1. The number of amides is 2. The van der Waals surface area contributed by atoms with E-state index in [4.69, 9.17) is 69.4 Å².